The summed E-state index contributed by atoms with van der Waals surface area (Å²) in [6.07, 6.45) is 4.27. The van der Waals surface area contributed by atoms with Crippen LogP contribution in [0.1, 0.15) is 45.7 Å². The fraction of sp³-hybridized carbons (Fsp3) is 0.526. The Bertz CT molecular complexity index is 983. The molecule has 2 amide bonds. The zero-order valence-corrected chi connectivity index (χ0v) is 18.8. The first-order valence-corrected chi connectivity index (χ1v) is 10.7. The minimum atomic E-state index is -1.60. The van der Waals surface area contributed by atoms with E-state index in [1.807, 2.05) is 0 Å². The van der Waals surface area contributed by atoms with Crippen LogP contribution in [0.5, 0.6) is 0 Å². The number of rotatable bonds is 3. The molecule has 2 fully saturated rings. The average Bonchev–Trinajstić information content (AvgIpc) is 2.94. The lowest BCUT2D eigenvalue weighted by Crippen LogP contribution is -2.71. The lowest BCUT2D eigenvalue weighted by molar-refractivity contribution is -0.163. The lowest BCUT2D eigenvalue weighted by atomic mass is 9.80. The molecule has 0 radical (unpaired) electrons. The van der Waals surface area contributed by atoms with E-state index < -0.39 is 33.0 Å². The first-order valence-electron chi connectivity index (χ1n) is 9.10. The predicted molar refractivity (Wildman–Crippen MR) is 110 cm³/mol. The highest BCUT2D eigenvalue weighted by atomic mass is 32.2. The van der Waals surface area contributed by atoms with Gasteiger partial charge in [-0.05, 0) is 25.6 Å². The van der Waals surface area contributed by atoms with Crippen LogP contribution in [0.3, 0.4) is 0 Å². The summed E-state index contributed by atoms with van der Waals surface area (Å²) < 4.78 is 0. The maximum absolute atomic E-state index is 13.9. The molecule has 3 heterocycles. The van der Waals surface area contributed by atoms with Crippen LogP contribution in [0.25, 0.3) is 0 Å². The van der Waals surface area contributed by atoms with E-state index in [0.29, 0.717) is 5.56 Å². The fourth-order valence-electron chi connectivity index (χ4n) is 4.28. The summed E-state index contributed by atoms with van der Waals surface area (Å²) in [6, 6.07) is 1.38. The molecule has 158 valence electrons. The Morgan fingerprint density at radius 3 is 2.20 bits per heavy atom. The van der Waals surface area contributed by atoms with Gasteiger partial charge < -0.3 is 9.80 Å². The molecule has 0 aromatic carbocycles. The number of hydrogen-bond donors (Lipinski definition) is 0. The first kappa shape index (κ1) is 22.2. The van der Waals surface area contributed by atoms with E-state index >= 15 is 0 Å². The van der Waals surface area contributed by atoms with Gasteiger partial charge in [-0.1, -0.05) is 11.8 Å². The molecule has 11 heteroatoms. The van der Waals surface area contributed by atoms with Crippen molar-refractivity contribution in [2.24, 2.45) is 5.41 Å². The summed E-state index contributed by atoms with van der Waals surface area (Å²) in [5, 5.41) is 9.37. The number of fused-ring (bicyclic) bond motifs is 1. The van der Waals surface area contributed by atoms with E-state index in [4.69, 9.17) is 0 Å². The third-order valence-electron chi connectivity index (χ3n) is 5.56. The van der Waals surface area contributed by atoms with Crippen LogP contribution in [0, 0.1) is 16.7 Å². The molecule has 30 heavy (non-hydrogen) atoms. The summed E-state index contributed by atoms with van der Waals surface area (Å²) in [5.74, 6) is -1.02. The van der Waals surface area contributed by atoms with Crippen LogP contribution in [0.2, 0.25) is 0 Å². The van der Waals surface area contributed by atoms with Crippen LogP contribution in [-0.2, 0) is 19.2 Å². The van der Waals surface area contributed by atoms with Gasteiger partial charge in [0, 0.05) is 45.3 Å². The standard InChI is InChI=1S/C19H21N5O4S2/c1-11(25)29-18(4)15(27)24-14(13-6-21-10-22-7-13)17(3,9-20)8-19(24,30-12(2)26)16(28)23(18)5/h6-7,10,14H,8H2,1-5H3/t14?,17-,18+,19?/m1/s1. The van der Waals surface area contributed by atoms with Gasteiger partial charge in [0.2, 0.25) is 0 Å². The zero-order chi connectivity index (χ0) is 22.5. The van der Waals surface area contributed by atoms with Crippen LogP contribution < -0.4 is 0 Å². The molecule has 4 atom stereocenters. The van der Waals surface area contributed by atoms with Crippen molar-refractivity contribution >= 4 is 45.6 Å². The lowest BCUT2D eigenvalue weighted by Gasteiger charge is -2.52. The van der Waals surface area contributed by atoms with Crippen LogP contribution in [0.4, 0.5) is 0 Å². The van der Waals surface area contributed by atoms with E-state index in [1.165, 1.54) is 56.3 Å². The molecule has 0 bridgehead atoms. The van der Waals surface area contributed by atoms with Crippen molar-refractivity contribution in [1.82, 2.24) is 19.8 Å². The van der Waals surface area contributed by atoms with Gasteiger partial charge in [-0.2, -0.15) is 5.26 Å². The van der Waals surface area contributed by atoms with Crippen molar-refractivity contribution in [3.8, 4) is 6.07 Å². The van der Waals surface area contributed by atoms with Crippen molar-refractivity contribution in [1.29, 1.82) is 5.26 Å². The number of nitrogens with zero attached hydrogens (tertiary/aromatic N) is 5. The first-order chi connectivity index (χ1) is 13.9. The summed E-state index contributed by atoms with van der Waals surface area (Å²) in [6.45, 7) is 5.79. The molecule has 2 aliphatic heterocycles. The number of carbonyl (C=O) groups excluding carboxylic acids is 4. The van der Waals surface area contributed by atoms with Gasteiger partial charge in [-0.25, -0.2) is 9.97 Å². The van der Waals surface area contributed by atoms with Gasteiger partial charge >= 0.3 is 0 Å². The number of thioether (sulfide) groups is 2. The van der Waals surface area contributed by atoms with E-state index in [2.05, 4.69) is 16.0 Å². The molecule has 2 saturated heterocycles. The molecule has 2 aliphatic rings. The Hall–Kier alpha value is -2.45. The maximum atomic E-state index is 13.9. The van der Waals surface area contributed by atoms with Gasteiger partial charge in [-0.3, -0.25) is 19.2 Å². The summed E-state index contributed by atoms with van der Waals surface area (Å²) in [7, 11) is 1.44. The Kier molecular flexibility index (Phi) is 5.45. The molecule has 0 spiro atoms. The topological polar surface area (TPSA) is 124 Å². The minimum Gasteiger partial charge on any atom is -0.320 e. The number of piperazine rings is 1. The van der Waals surface area contributed by atoms with Crippen molar-refractivity contribution in [3.63, 3.8) is 0 Å². The minimum absolute atomic E-state index is 0.0456. The quantitative estimate of drug-likeness (QED) is 0.681. The number of nitriles is 1. The van der Waals surface area contributed by atoms with Crippen molar-refractivity contribution in [3.05, 3.63) is 24.3 Å². The van der Waals surface area contributed by atoms with Crippen molar-refractivity contribution < 1.29 is 19.2 Å². The van der Waals surface area contributed by atoms with Crippen LogP contribution in [0.15, 0.2) is 18.7 Å². The predicted octanol–water partition coefficient (Wildman–Crippen LogP) is 1.72. The molecule has 1 aromatic heterocycles. The average molecular weight is 448 g/mol. The SMILES string of the molecule is CC(=O)SC12C[C@](C)(C#N)C(c3cncnc3)N1C(=O)[C@](C)(SC(C)=O)N(C)C2=O. The van der Waals surface area contributed by atoms with Gasteiger partial charge in [0.05, 0.1) is 17.5 Å². The highest BCUT2D eigenvalue weighted by molar-refractivity contribution is 8.16. The largest absolute Gasteiger partial charge is 0.320 e. The number of hydrogen-bond acceptors (Lipinski definition) is 9. The second kappa shape index (κ2) is 7.35. The Balaban J connectivity index is 2.30. The van der Waals surface area contributed by atoms with Crippen molar-refractivity contribution in [2.75, 3.05) is 7.05 Å². The Morgan fingerprint density at radius 2 is 1.70 bits per heavy atom. The summed E-state index contributed by atoms with van der Waals surface area (Å²) in [4.78, 5) is 59.1. The zero-order valence-electron chi connectivity index (χ0n) is 17.2. The van der Waals surface area contributed by atoms with E-state index in [-0.39, 0.29) is 16.7 Å². The normalized spacial score (nSPS) is 33.3. The second-order valence-electron chi connectivity index (χ2n) is 7.77. The molecule has 0 saturated carbocycles. The van der Waals surface area contributed by atoms with Gasteiger partial charge in [0.1, 0.15) is 6.33 Å². The molecule has 2 unspecified atom stereocenters. The highest BCUT2D eigenvalue weighted by Crippen LogP contribution is 2.62. The molecule has 0 N–H and O–H groups in total. The van der Waals surface area contributed by atoms with Gasteiger partial charge in [0.15, 0.2) is 20.0 Å². The molecular weight excluding hydrogens is 426 g/mol. The molecule has 9 nitrogen and oxygen atoms in total. The molecule has 0 aliphatic carbocycles. The summed E-state index contributed by atoms with van der Waals surface area (Å²) in [5.41, 5.74) is -0.709. The molecular formula is C19H21N5O4S2. The summed E-state index contributed by atoms with van der Waals surface area (Å²) >= 11 is 1.47. The second-order valence-corrected chi connectivity index (χ2v) is 10.8. The fourth-order valence-corrected chi connectivity index (χ4v) is 6.61. The third-order valence-corrected chi connectivity index (χ3v) is 7.83. The number of aromatic nitrogens is 2. The molecule has 1 aromatic rings. The van der Waals surface area contributed by atoms with Gasteiger partial charge in [0.25, 0.3) is 11.8 Å². The van der Waals surface area contributed by atoms with E-state index in [9.17, 15) is 24.4 Å². The third kappa shape index (κ3) is 3.09. The number of carbonyl (C=O) groups is 4. The van der Waals surface area contributed by atoms with Crippen LogP contribution in [-0.4, -0.2) is 58.6 Å². The van der Waals surface area contributed by atoms with Gasteiger partial charge in [-0.15, -0.1) is 0 Å². The van der Waals surface area contributed by atoms with E-state index in [1.54, 1.807) is 6.92 Å². The highest BCUT2D eigenvalue weighted by Gasteiger charge is 2.71. The Labute approximate surface area is 182 Å². The molecule has 3 rings (SSSR count). The van der Waals surface area contributed by atoms with Crippen LogP contribution >= 0.6 is 23.5 Å². The maximum Gasteiger partial charge on any atom is 0.261 e. The Morgan fingerprint density at radius 1 is 1.13 bits per heavy atom. The number of amides is 2. The smallest absolute Gasteiger partial charge is 0.261 e. The monoisotopic (exact) mass is 447 g/mol. The van der Waals surface area contributed by atoms with E-state index in [0.717, 1.165) is 23.5 Å². The van der Waals surface area contributed by atoms with Crippen molar-refractivity contribution in [2.45, 2.75) is 49.9 Å². The number of likely N-dealkylation sites (N-methyl/N-ethyl adjacent to an activating group) is 1.